The number of halogens is 1. The lowest BCUT2D eigenvalue weighted by Crippen LogP contribution is -2.34. The van der Waals surface area contributed by atoms with Crippen LogP contribution in [0.5, 0.6) is 0 Å². The molecule has 0 unspecified atom stereocenters. The molecule has 2 aliphatic rings. The third-order valence-electron chi connectivity index (χ3n) is 6.10. The summed E-state index contributed by atoms with van der Waals surface area (Å²) in [7, 11) is 3.59. The minimum atomic E-state index is 0.0653. The molecule has 4 rings (SSSR count). The Hall–Kier alpha value is -1.98. The lowest BCUT2D eigenvalue weighted by Gasteiger charge is -2.33. The summed E-state index contributed by atoms with van der Waals surface area (Å²) in [6.45, 7) is 3.31. The topological polar surface area (TPSA) is 36.4 Å². The first-order valence-electron chi connectivity index (χ1n) is 10.4. The fourth-order valence-electron chi connectivity index (χ4n) is 4.39. The smallest absolute Gasteiger partial charge is 0.253 e. The number of carbonyl (C=O) groups is 1. The van der Waals surface area contributed by atoms with Crippen LogP contribution in [0.1, 0.15) is 52.4 Å². The van der Waals surface area contributed by atoms with Gasteiger partial charge in [0.15, 0.2) is 0 Å². The van der Waals surface area contributed by atoms with Gasteiger partial charge in [-0.15, -0.1) is 0 Å². The van der Waals surface area contributed by atoms with Gasteiger partial charge in [0.1, 0.15) is 0 Å². The molecule has 1 fully saturated rings. The summed E-state index contributed by atoms with van der Waals surface area (Å²) in [6.07, 6.45) is 8.72. The summed E-state index contributed by atoms with van der Waals surface area (Å²) >= 11 is 3.67. The molecule has 0 atom stereocenters. The lowest BCUT2D eigenvalue weighted by atomic mass is 9.88. The number of nitrogens with zero attached hydrogens (tertiary/aromatic N) is 3. The molecule has 0 spiro atoms. The van der Waals surface area contributed by atoms with Crippen LogP contribution >= 0.6 is 15.9 Å². The van der Waals surface area contributed by atoms with Gasteiger partial charge in [-0.2, -0.15) is 0 Å². The van der Waals surface area contributed by atoms with Crippen molar-refractivity contribution in [2.75, 3.05) is 33.7 Å². The number of carbonyl (C=O) groups excluding carboxylic acids is 1. The molecule has 2 heterocycles. The Morgan fingerprint density at radius 3 is 2.55 bits per heavy atom. The largest absolute Gasteiger partial charge is 0.345 e. The van der Waals surface area contributed by atoms with E-state index < -0.39 is 0 Å². The van der Waals surface area contributed by atoms with Gasteiger partial charge in [0.2, 0.25) is 0 Å². The van der Waals surface area contributed by atoms with E-state index in [4.69, 9.17) is 0 Å². The van der Waals surface area contributed by atoms with Crippen molar-refractivity contribution >= 4 is 27.9 Å². The molecule has 0 N–H and O–H groups in total. The first-order chi connectivity index (χ1) is 14.0. The molecular weight excluding hydrogens is 426 g/mol. The molecule has 4 nitrogen and oxygen atoms in total. The molecule has 5 heteroatoms. The number of aromatic nitrogens is 1. The molecule has 1 saturated heterocycles. The van der Waals surface area contributed by atoms with Crippen molar-refractivity contribution in [2.45, 2.75) is 31.6 Å². The predicted molar refractivity (Wildman–Crippen MR) is 121 cm³/mol. The molecule has 152 valence electrons. The van der Waals surface area contributed by atoms with Crippen LogP contribution in [0.25, 0.3) is 6.08 Å². The van der Waals surface area contributed by atoms with Crippen LogP contribution < -0.4 is 0 Å². The van der Waals surface area contributed by atoms with Gasteiger partial charge in [-0.1, -0.05) is 39.7 Å². The van der Waals surface area contributed by atoms with Crippen LogP contribution in [0.3, 0.4) is 0 Å². The molecule has 0 saturated carbocycles. The molecule has 1 amide bonds. The van der Waals surface area contributed by atoms with E-state index in [1.165, 1.54) is 35.2 Å². The van der Waals surface area contributed by atoms with Gasteiger partial charge in [-0.05, 0) is 68.5 Å². The molecular formula is C24H28BrN3O. The Balaban J connectivity index is 1.34. The molecule has 29 heavy (non-hydrogen) atoms. The van der Waals surface area contributed by atoms with Crippen LogP contribution in [-0.4, -0.2) is 54.4 Å². The first kappa shape index (κ1) is 20.3. The van der Waals surface area contributed by atoms with Gasteiger partial charge < -0.3 is 4.90 Å². The highest BCUT2D eigenvalue weighted by Gasteiger charge is 2.23. The number of piperidine rings is 1. The predicted octanol–water partition coefficient (Wildman–Crippen LogP) is 4.76. The van der Waals surface area contributed by atoms with Gasteiger partial charge >= 0.3 is 0 Å². The number of amides is 1. The van der Waals surface area contributed by atoms with E-state index in [1.807, 2.05) is 24.4 Å². The molecule has 2 aromatic rings. The molecule has 0 bridgehead atoms. The maximum absolute atomic E-state index is 12.1. The van der Waals surface area contributed by atoms with Gasteiger partial charge in [0, 0.05) is 48.1 Å². The highest BCUT2D eigenvalue weighted by atomic mass is 79.9. The van der Waals surface area contributed by atoms with Gasteiger partial charge in [0.05, 0.1) is 0 Å². The Kier molecular flexibility index (Phi) is 6.16. The van der Waals surface area contributed by atoms with Crippen LogP contribution in [0.15, 0.2) is 46.6 Å². The fourth-order valence-corrected chi connectivity index (χ4v) is 4.85. The third-order valence-corrected chi connectivity index (χ3v) is 6.79. The Labute approximate surface area is 181 Å². The maximum atomic E-state index is 12.1. The summed E-state index contributed by atoms with van der Waals surface area (Å²) in [5.41, 5.74) is 6.10. The highest BCUT2D eigenvalue weighted by molar-refractivity contribution is 9.10. The number of aryl methyl sites for hydroxylation is 1. The average Bonchev–Trinajstić information content (AvgIpc) is 2.74. The minimum Gasteiger partial charge on any atom is -0.345 e. The van der Waals surface area contributed by atoms with E-state index in [2.05, 4.69) is 44.0 Å². The normalized spacial score (nSPS) is 17.6. The van der Waals surface area contributed by atoms with Crippen molar-refractivity contribution in [3.63, 3.8) is 0 Å². The van der Waals surface area contributed by atoms with Crippen LogP contribution in [-0.2, 0) is 6.42 Å². The zero-order chi connectivity index (χ0) is 20.4. The molecule has 1 aliphatic carbocycles. The summed E-state index contributed by atoms with van der Waals surface area (Å²) in [6, 6.07) is 10.3. The van der Waals surface area contributed by atoms with E-state index in [9.17, 15) is 4.79 Å². The Bertz CT molecular complexity index is 912. The van der Waals surface area contributed by atoms with Gasteiger partial charge in [0.25, 0.3) is 5.91 Å². The van der Waals surface area contributed by atoms with Crippen molar-refractivity contribution in [2.24, 2.45) is 0 Å². The van der Waals surface area contributed by atoms with E-state index in [-0.39, 0.29) is 5.91 Å². The van der Waals surface area contributed by atoms with Gasteiger partial charge in [-0.25, -0.2) is 0 Å². The number of hydrogen-bond donors (Lipinski definition) is 0. The SMILES string of the molecule is CN(C)C(=O)c1ccc(C2CCN(CC3=Cc4c(Br)ccnc4CC3)CC2)cc1. The van der Waals surface area contributed by atoms with Crippen LogP contribution in [0.4, 0.5) is 0 Å². The van der Waals surface area contributed by atoms with Gasteiger partial charge in [-0.3, -0.25) is 14.7 Å². The lowest BCUT2D eigenvalue weighted by molar-refractivity contribution is 0.0827. The van der Waals surface area contributed by atoms with Crippen LogP contribution in [0, 0.1) is 0 Å². The van der Waals surface area contributed by atoms with E-state index >= 15 is 0 Å². The standard InChI is InChI=1S/C24H28BrN3O/c1-27(2)24(29)20-6-4-18(5-7-20)19-10-13-28(14-11-19)16-17-3-8-23-21(15-17)22(25)9-12-26-23/h4-7,9,12,15,19H,3,8,10-11,13-14,16H2,1-2H3. The van der Waals surface area contributed by atoms with E-state index in [0.29, 0.717) is 5.92 Å². The second-order valence-corrected chi connectivity index (χ2v) is 9.18. The summed E-state index contributed by atoms with van der Waals surface area (Å²) in [5, 5.41) is 0. The second-order valence-electron chi connectivity index (χ2n) is 8.33. The highest BCUT2D eigenvalue weighted by Crippen LogP contribution is 2.31. The summed E-state index contributed by atoms with van der Waals surface area (Å²) in [5.74, 6) is 0.657. The van der Waals surface area contributed by atoms with E-state index in [0.717, 1.165) is 42.5 Å². The van der Waals surface area contributed by atoms with Crippen molar-refractivity contribution in [3.8, 4) is 0 Å². The van der Waals surface area contributed by atoms with Crippen molar-refractivity contribution < 1.29 is 4.79 Å². The number of pyridine rings is 1. The first-order valence-corrected chi connectivity index (χ1v) is 11.2. The average molecular weight is 454 g/mol. The van der Waals surface area contributed by atoms with Crippen molar-refractivity contribution in [1.29, 1.82) is 0 Å². The summed E-state index contributed by atoms with van der Waals surface area (Å²) in [4.78, 5) is 20.8. The number of rotatable bonds is 4. The number of fused-ring (bicyclic) bond motifs is 1. The molecule has 1 aromatic heterocycles. The van der Waals surface area contributed by atoms with Crippen LogP contribution in [0.2, 0.25) is 0 Å². The molecule has 0 radical (unpaired) electrons. The Morgan fingerprint density at radius 1 is 1.14 bits per heavy atom. The summed E-state index contributed by atoms with van der Waals surface area (Å²) < 4.78 is 1.15. The quantitative estimate of drug-likeness (QED) is 0.669. The van der Waals surface area contributed by atoms with Crippen molar-refractivity contribution in [3.05, 3.63) is 69.0 Å². The number of hydrogen-bond acceptors (Lipinski definition) is 3. The third kappa shape index (κ3) is 4.62. The van der Waals surface area contributed by atoms with Crippen molar-refractivity contribution in [1.82, 2.24) is 14.8 Å². The van der Waals surface area contributed by atoms with E-state index in [1.54, 1.807) is 19.0 Å². The minimum absolute atomic E-state index is 0.0653. The number of benzene rings is 1. The Morgan fingerprint density at radius 2 is 1.86 bits per heavy atom. The fraction of sp³-hybridized carbons (Fsp3) is 0.417. The second kappa shape index (κ2) is 8.80. The number of likely N-dealkylation sites (tertiary alicyclic amines) is 1. The monoisotopic (exact) mass is 453 g/mol. The maximum Gasteiger partial charge on any atom is 0.253 e. The molecule has 1 aromatic carbocycles. The zero-order valence-corrected chi connectivity index (χ0v) is 18.8. The zero-order valence-electron chi connectivity index (χ0n) is 17.2. The molecule has 1 aliphatic heterocycles.